The second-order valence-corrected chi connectivity index (χ2v) is 11.3. The molecule has 7 aromatic carbocycles. The molecule has 3 heteroatoms. The van der Waals surface area contributed by atoms with Gasteiger partial charge in [-0.2, -0.15) is 0 Å². The minimum atomic E-state index is 0.882. The van der Waals surface area contributed by atoms with Crippen LogP contribution in [0.2, 0.25) is 0 Å². The van der Waals surface area contributed by atoms with Gasteiger partial charge in [0.05, 0.1) is 5.69 Å². The normalized spacial score (nSPS) is 12.2. The van der Waals surface area contributed by atoms with Crippen LogP contribution in [0.15, 0.2) is 148 Å². The smallest absolute Gasteiger partial charge is 0.138 e. The largest absolute Gasteiger partial charge is 0.456 e. The second kappa shape index (κ2) is 8.37. The van der Waals surface area contributed by atoms with Gasteiger partial charge in [0.25, 0.3) is 0 Å². The van der Waals surface area contributed by atoms with E-state index in [0.29, 0.717) is 0 Å². The van der Waals surface area contributed by atoms with Crippen molar-refractivity contribution >= 4 is 71.7 Å². The van der Waals surface area contributed by atoms with Gasteiger partial charge in [0.2, 0.25) is 0 Å². The molecule has 0 saturated carbocycles. The molecule has 0 saturated heterocycles. The number of fused-ring (bicyclic) bond motifs is 6. The maximum Gasteiger partial charge on any atom is 0.138 e. The Morgan fingerprint density at radius 1 is 0.349 bits per heavy atom. The summed E-state index contributed by atoms with van der Waals surface area (Å²) in [4.78, 5) is 2.32. The highest BCUT2D eigenvalue weighted by Gasteiger charge is 2.25. The molecule has 3 nitrogen and oxygen atoms in total. The van der Waals surface area contributed by atoms with E-state index in [-0.39, 0.29) is 0 Å². The highest BCUT2D eigenvalue weighted by Crippen LogP contribution is 2.51. The first-order chi connectivity index (χ1) is 21.3. The van der Waals surface area contributed by atoms with Crippen LogP contribution in [0, 0.1) is 0 Å². The molecule has 0 amide bonds. The van der Waals surface area contributed by atoms with Crippen molar-refractivity contribution in [1.82, 2.24) is 0 Å². The molecule has 0 fully saturated rings. The predicted molar refractivity (Wildman–Crippen MR) is 178 cm³/mol. The molecule has 0 N–H and O–H groups in total. The van der Waals surface area contributed by atoms with E-state index in [1.54, 1.807) is 0 Å². The monoisotopic (exact) mass is 549 g/mol. The average Bonchev–Trinajstić information content (AvgIpc) is 3.59. The number of benzene rings is 7. The van der Waals surface area contributed by atoms with Gasteiger partial charge in [0, 0.05) is 44.4 Å². The summed E-state index contributed by atoms with van der Waals surface area (Å²) in [7, 11) is 0. The summed E-state index contributed by atoms with van der Waals surface area (Å²) in [6.45, 7) is 0. The molecule has 0 aliphatic heterocycles. The maximum atomic E-state index is 6.68. The van der Waals surface area contributed by atoms with Gasteiger partial charge in [0.15, 0.2) is 0 Å². The third-order valence-corrected chi connectivity index (χ3v) is 8.96. The van der Waals surface area contributed by atoms with Crippen LogP contribution in [-0.2, 0) is 0 Å². The molecule has 0 unspecified atom stereocenters. The Morgan fingerprint density at radius 2 is 1.07 bits per heavy atom. The molecule has 200 valence electrons. The van der Waals surface area contributed by atoms with Gasteiger partial charge in [-0.15, -0.1) is 0 Å². The van der Waals surface area contributed by atoms with Gasteiger partial charge in [-0.1, -0.05) is 84.9 Å². The summed E-state index contributed by atoms with van der Waals surface area (Å²) in [6.07, 6.45) is 0. The topological polar surface area (TPSA) is 29.5 Å². The van der Waals surface area contributed by atoms with Crippen LogP contribution in [0.25, 0.3) is 76.9 Å². The van der Waals surface area contributed by atoms with Crippen molar-refractivity contribution < 1.29 is 8.83 Å². The molecular weight excluding hydrogens is 526 g/mol. The van der Waals surface area contributed by atoms with Crippen LogP contribution in [0.4, 0.5) is 17.1 Å². The van der Waals surface area contributed by atoms with Crippen LogP contribution in [0.5, 0.6) is 0 Å². The van der Waals surface area contributed by atoms with E-state index in [0.717, 1.165) is 50.2 Å². The van der Waals surface area contributed by atoms with Gasteiger partial charge in [-0.25, -0.2) is 0 Å². The molecule has 9 aromatic rings. The molecule has 2 aromatic heterocycles. The molecule has 10 rings (SSSR count). The van der Waals surface area contributed by atoms with E-state index in [4.69, 9.17) is 8.83 Å². The van der Waals surface area contributed by atoms with Crippen LogP contribution >= 0.6 is 0 Å². The summed E-state index contributed by atoms with van der Waals surface area (Å²) in [6, 6.07) is 49.5. The zero-order valence-corrected chi connectivity index (χ0v) is 23.0. The molecule has 2 heterocycles. The molecule has 0 spiro atoms. The third-order valence-electron chi connectivity index (χ3n) is 8.96. The molecular formula is C40H23NO2. The van der Waals surface area contributed by atoms with Crippen molar-refractivity contribution in [3.63, 3.8) is 0 Å². The number of anilines is 3. The van der Waals surface area contributed by atoms with Gasteiger partial charge in [0.1, 0.15) is 22.3 Å². The lowest BCUT2D eigenvalue weighted by atomic mass is 9.93. The molecule has 0 bridgehead atoms. The lowest BCUT2D eigenvalue weighted by Crippen LogP contribution is -2.10. The number of furan rings is 2. The maximum absolute atomic E-state index is 6.68. The highest BCUT2D eigenvalue weighted by molar-refractivity contribution is 6.29. The Morgan fingerprint density at radius 3 is 1.98 bits per heavy atom. The SMILES string of the molecule is c1ccc(N(c2cc3c4c(c2)oc2ccc5cccc(c5c24)-c2ccccc2-3)c2ccc3oc4ccccc4c3c2)cc1. The number of para-hydroxylation sites is 2. The van der Waals surface area contributed by atoms with Gasteiger partial charge < -0.3 is 13.7 Å². The Kier molecular flexibility index (Phi) is 4.45. The molecule has 0 atom stereocenters. The van der Waals surface area contributed by atoms with Crippen molar-refractivity contribution in [2.45, 2.75) is 0 Å². The van der Waals surface area contributed by atoms with Crippen molar-refractivity contribution in [2.75, 3.05) is 4.90 Å². The third kappa shape index (κ3) is 3.14. The minimum absolute atomic E-state index is 0.882. The fourth-order valence-corrected chi connectivity index (χ4v) is 7.15. The van der Waals surface area contributed by atoms with Crippen molar-refractivity contribution in [1.29, 1.82) is 0 Å². The van der Waals surface area contributed by atoms with E-state index in [9.17, 15) is 0 Å². The fraction of sp³-hybridized carbons (Fsp3) is 0. The van der Waals surface area contributed by atoms with Crippen LogP contribution in [-0.4, -0.2) is 0 Å². The average molecular weight is 550 g/mol. The Labute approximate surface area is 246 Å². The van der Waals surface area contributed by atoms with E-state index in [1.165, 1.54) is 43.8 Å². The quantitative estimate of drug-likeness (QED) is 0.219. The zero-order valence-electron chi connectivity index (χ0n) is 23.0. The highest BCUT2D eigenvalue weighted by atomic mass is 16.3. The number of hydrogen-bond donors (Lipinski definition) is 0. The Hall–Kier alpha value is -5.80. The lowest BCUT2D eigenvalue weighted by Gasteiger charge is -2.26. The molecule has 43 heavy (non-hydrogen) atoms. The van der Waals surface area contributed by atoms with Crippen molar-refractivity contribution in [2.24, 2.45) is 0 Å². The minimum Gasteiger partial charge on any atom is -0.456 e. The fourth-order valence-electron chi connectivity index (χ4n) is 7.15. The molecule has 0 radical (unpaired) electrons. The Balaban J connectivity index is 1.31. The van der Waals surface area contributed by atoms with Crippen LogP contribution in [0.1, 0.15) is 0 Å². The first-order valence-corrected chi connectivity index (χ1v) is 14.6. The van der Waals surface area contributed by atoms with Crippen molar-refractivity contribution in [3.05, 3.63) is 140 Å². The molecule has 1 aliphatic carbocycles. The van der Waals surface area contributed by atoms with Crippen LogP contribution < -0.4 is 4.90 Å². The van der Waals surface area contributed by atoms with Gasteiger partial charge in [-0.05, 0) is 76.2 Å². The number of hydrogen-bond acceptors (Lipinski definition) is 3. The van der Waals surface area contributed by atoms with Crippen molar-refractivity contribution in [3.8, 4) is 22.3 Å². The first kappa shape index (κ1) is 22.8. The number of nitrogens with zero attached hydrogens (tertiary/aromatic N) is 1. The lowest BCUT2D eigenvalue weighted by molar-refractivity contribution is 0.668. The summed E-state index contributed by atoms with van der Waals surface area (Å²) in [5, 5.41) is 7.06. The standard InChI is InChI=1S/C40H23NO2/c1-2-10-25(11-3-1)41(26-18-20-35-32(21-26)30-14-6-7-16-34(30)42-35)27-22-33-29-13-5-4-12-28(29)31-15-8-9-24-17-19-36-40(38(24)31)39(33)37(23-27)43-36/h1-23H. The molecule has 1 aliphatic rings. The van der Waals surface area contributed by atoms with Gasteiger partial charge in [-0.3, -0.25) is 0 Å². The number of rotatable bonds is 3. The summed E-state index contributed by atoms with van der Waals surface area (Å²) in [5.74, 6) is 0. The first-order valence-electron chi connectivity index (χ1n) is 14.6. The summed E-state index contributed by atoms with van der Waals surface area (Å²) < 4.78 is 12.9. The zero-order chi connectivity index (χ0) is 28.1. The summed E-state index contributed by atoms with van der Waals surface area (Å²) in [5.41, 5.74) is 11.6. The second-order valence-electron chi connectivity index (χ2n) is 11.3. The van der Waals surface area contributed by atoms with E-state index >= 15 is 0 Å². The van der Waals surface area contributed by atoms with E-state index < -0.39 is 0 Å². The van der Waals surface area contributed by atoms with E-state index in [1.807, 2.05) is 12.1 Å². The Bertz CT molecular complexity index is 2570. The van der Waals surface area contributed by atoms with Gasteiger partial charge >= 0.3 is 0 Å². The van der Waals surface area contributed by atoms with Crippen LogP contribution in [0.3, 0.4) is 0 Å². The van der Waals surface area contributed by atoms with E-state index in [2.05, 4.69) is 132 Å². The summed E-state index contributed by atoms with van der Waals surface area (Å²) >= 11 is 0. The predicted octanol–water partition coefficient (Wildman–Crippen LogP) is 11.8.